The predicted molar refractivity (Wildman–Crippen MR) is 99.0 cm³/mol. The lowest BCUT2D eigenvalue weighted by Gasteiger charge is -2.03. The number of aromatic nitrogens is 3. The number of rotatable bonds is 6. The monoisotopic (exact) mass is 393 g/mol. The molecule has 0 unspecified atom stereocenters. The molecule has 25 heavy (non-hydrogen) atoms. The summed E-state index contributed by atoms with van der Waals surface area (Å²) >= 11 is 8.28. The Balaban J connectivity index is 1.58. The Morgan fingerprint density at radius 3 is 2.76 bits per heavy atom. The number of thioether (sulfide) groups is 1. The minimum Gasteiger partial charge on any atom is -0.366 e. The van der Waals surface area contributed by atoms with Crippen molar-refractivity contribution in [3.8, 4) is 11.4 Å². The second kappa shape index (κ2) is 7.68. The topological polar surface area (TPSA) is 114 Å². The highest BCUT2D eigenvalue weighted by Gasteiger charge is 2.14. The fourth-order valence-electron chi connectivity index (χ4n) is 1.94. The van der Waals surface area contributed by atoms with Crippen LogP contribution in [0, 0.1) is 0 Å². The second-order valence-electron chi connectivity index (χ2n) is 4.84. The van der Waals surface area contributed by atoms with Crippen molar-refractivity contribution in [2.45, 2.75) is 5.16 Å². The third-order valence-electron chi connectivity index (χ3n) is 3.10. The number of H-pyrrole nitrogens is 1. The largest absolute Gasteiger partial charge is 0.366 e. The maximum absolute atomic E-state index is 12.0. The highest BCUT2D eigenvalue weighted by molar-refractivity contribution is 7.99. The zero-order valence-corrected chi connectivity index (χ0v) is 15.0. The zero-order valence-electron chi connectivity index (χ0n) is 12.7. The quantitative estimate of drug-likeness (QED) is 0.557. The van der Waals surface area contributed by atoms with Crippen LogP contribution in [0.25, 0.3) is 11.4 Å². The molecule has 4 N–H and O–H groups in total. The Bertz CT molecular complexity index is 907. The van der Waals surface area contributed by atoms with Crippen molar-refractivity contribution in [1.82, 2.24) is 15.2 Å². The van der Waals surface area contributed by atoms with Crippen LogP contribution in [0.3, 0.4) is 0 Å². The van der Waals surface area contributed by atoms with Crippen molar-refractivity contribution in [3.63, 3.8) is 0 Å². The highest BCUT2D eigenvalue weighted by atomic mass is 35.5. The number of nitrogens with one attached hydrogen (secondary N) is 2. The average molecular weight is 394 g/mol. The number of nitrogens with two attached hydrogens (primary N) is 1. The summed E-state index contributed by atoms with van der Waals surface area (Å²) in [6.45, 7) is 0. The summed E-state index contributed by atoms with van der Waals surface area (Å²) < 4.78 is 0. The van der Waals surface area contributed by atoms with E-state index in [1.807, 2.05) is 12.1 Å². The van der Waals surface area contributed by atoms with E-state index in [1.54, 1.807) is 23.6 Å². The molecular weight excluding hydrogens is 382 g/mol. The molecule has 2 aromatic heterocycles. The number of carbonyl (C=O) groups is 2. The highest BCUT2D eigenvalue weighted by Crippen LogP contribution is 2.24. The third kappa shape index (κ3) is 4.38. The molecule has 0 aliphatic heterocycles. The van der Waals surface area contributed by atoms with Gasteiger partial charge in [0, 0.05) is 10.6 Å². The predicted octanol–water partition coefficient (Wildman–Crippen LogP) is 3.02. The minimum absolute atomic E-state index is 0.105. The zero-order chi connectivity index (χ0) is 17.8. The SMILES string of the molecule is NC(=O)c1ccsc1NC(=O)CSc1n[nH]c(-c2ccc(Cl)cc2)n1. The van der Waals surface area contributed by atoms with Crippen molar-refractivity contribution < 1.29 is 9.59 Å². The van der Waals surface area contributed by atoms with Gasteiger partial charge in [0.15, 0.2) is 5.82 Å². The van der Waals surface area contributed by atoms with Gasteiger partial charge in [0.2, 0.25) is 11.1 Å². The van der Waals surface area contributed by atoms with Crippen molar-refractivity contribution >= 4 is 51.5 Å². The summed E-state index contributed by atoms with van der Waals surface area (Å²) in [6, 6.07) is 8.75. The molecule has 1 aromatic carbocycles. The smallest absolute Gasteiger partial charge is 0.251 e. The molecular formula is C15H12ClN5O2S2. The Labute approximate surface area is 156 Å². The van der Waals surface area contributed by atoms with Crippen LogP contribution in [0.1, 0.15) is 10.4 Å². The molecule has 0 aliphatic carbocycles. The van der Waals surface area contributed by atoms with Crippen molar-refractivity contribution in [1.29, 1.82) is 0 Å². The summed E-state index contributed by atoms with van der Waals surface area (Å²) in [6.07, 6.45) is 0. The van der Waals surface area contributed by atoms with E-state index in [1.165, 1.54) is 23.1 Å². The van der Waals surface area contributed by atoms with Gasteiger partial charge < -0.3 is 11.1 Å². The van der Waals surface area contributed by atoms with Gasteiger partial charge in [0.05, 0.1) is 11.3 Å². The van der Waals surface area contributed by atoms with Crippen LogP contribution in [0.4, 0.5) is 5.00 Å². The van der Waals surface area contributed by atoms with E-state index in [4.69, 9.17) is 17.3 Å². The molecule has 0 saturated heterocycles. The van der Waals surface area contributed by atoms with Crippen LogP contribution in [0.5, 0.6) is 0 Å². The number of carbonyl (C=O) groups excluding carboxylic acids is 2. The van der Waals surface area contributed by atoms with Crippen LogP contribution in [-0.4, -0.2) is 32.7 Å². The van der Waals surface area contributed by atoms with E-state index in [0.29, 0.717) is 26.6 Å². The van der Waals surface area contributed by atoms with Gasteiger partial charge in [-0.05, 0) is 35.7 Å². The molecule has 0 saturated carbocycles. The number of thiophene rings is 1. The molecule has 0 spiro atoms. The molecule has 0 atom stereocenters. The molecule has 0 radical (unpaired) electrons. The summed E-state index contributed by atoms with van der Waals surface area (Å²) in [4.78, 5) is 27.6. The van der Waals surface area contributed by atoms with Gasteiger partial charge in [0.25, 0.3) is 5.91 Å². The van der Waals surface area contributed by atoms with E-state index in [-0.39, 0.29) is 11.7 Å². The molecule has 128 valence electrons. The number of hydrogen-bond donors (Lipinski definition) is 3. The Morgan fingerprint density at radius 1 is 1.28 bits per heavy atom. The first kappa shape index (κ1) is 17.5. The number of anilines is 1. The van der Waals surface area contributed by atoms with Gasteiger partial charge in [-0.3, -0.25) is 14.7 Å². The van der Waals surface area contributed by atoms with Crippen molar-refractivity contribution in [3.05, 3.63) is 46.3 Å². The van der Waals surface area contributed by atoms with E-state index >= 15 is 0 Å². The summed E-state index contributed by atoms with van der Waals surface area (Å²) in [5.41, 5.74) is 6.39. The van der Waals surface area contributed by atoms with E-state index in [0.717, 1.165) is 5.56 Å². The Kier molecular flexibility index (Phi) is 5.37. The fourth-order valence-corrected chi connectivity index (χ4v) is 3.47. The number of halogens is 1. The van der Waals surface area contributed by atoms with Gasteiger partial charge in [-0.2, -0.15) is 0 Å². The van der Waals surface area contributed by atoms with Crippen LogP contribution in [0.2, 0.25) is 5.02 Å². The summed E-state index contributed by atoms with van der Waals surface area (Å²) in [5.74, 6) is -0.152. The Hall–Kier alpha value is -2.36. The van der Waals surface area contributed by atoms with E-state index in [9.17, 15) is 9.59 Å². The number of benzene rings is 1. The van der Waals surface area contributed by atoms with E-state index in [2.05, 4.69) is 20.5 Å². The normalized spacial score (nSPS) is 10.6. The van der Waals surface area contributed by atoms with Crippen LogP contribution in [-0.2, 0) is 4.79 Å². The molecule has 7 nitrogen and oxygen atoms in total. The number of hydrogen-bond acceptors (Lipinski definition) is 6. The van der Waals surface area contributed by atoms with Gasteiger partial charge >= 0.3 is 0 Å². The molecule has 0 fully saturated rings. The molecule has 10 heteroatoms. The minimum atomic E-state index is -0.578. The van der Waals surface area contributed by atoms with Crippen molar-refractivity contribution in [2.75, 3.05) is 11.1 Å². The van der Waals surface area contributed by atoms with Gasteiger partial charge in [-0.1, -0.05) is 23.4 Å². The van der Waals surface area contributed by atoms with Gasteiger partial charge in [-0.15, -0.1) is 16.4 Å². The van der Waals surface area contributed by atoms with Crippen LogP contribution >= 0.6 is 34.7 Å². The standard InChI is InChI=1S/C15H12ClN5O2S2/c16-9-3-1-8(2-4-9)13-19-15(21-20-13)25-7-11(22)18-14-10(12(17)23)5-6-24-14/h1-6H,7H2,(H2,17,23)(H,18,22)(H,19,20,21). The van der Waals surface area contributed by atoms with Gasteiger partial charge in [0.1, 0.15) is 5.00 Å². The molecule has 2 amide bonds. The molecule has 3 rings (SSSR count). The maximum atomic E-state index is 12.0. The van der Waals surface area contributed by atoms with E-state index < -0.39 is 5.91 Å². The number of primary amides is 1. The summed E-state index contributed by atoms with van der Waals surface area (Å²) in [7, 11) is 0. The van der Waals surface area contributed by atoms with Crippen molar-refractivity contribution in [2.24, 2.45) is 5.73 Å². The lowest BCUT2D eigenvalue weighted by molar-refractivity contribution is -0.113. The van der Waals surface area contributed by atoms with Crippen LogP contribution in [0.15, 0.2) is 40.9 Å². The average Bonchev–Trinajstić information content (AvgIpc) is 3.23. The first-order valence-corrected chi connectivity index (χ1v) is 9.25. The lowest BCUT2D eigenvalue weighted by atomic mass is 10.2. The molecule has 0 bridgehead atoms. The first-order valence-electron chi connectivity index (χ1n) is 7.01. The number of amides is 2. The summed E-state index contributed by atoms with van der Waals surface area (Å²) in [5, 5.41) is 12.8. The number of aromatic amines is 1. The lowest BCUT2D eigenvalue weighted by Crippen LogP contribution is -2.17. The Morgan fingerprint density at radius 2 is 2.04 bits per heavy atom. The number of nitrogens with zero attached hydrogens (tertiary/aromatic N) is 2. The first-order chi connectivity index (χ1) is 12.0. The van der Waals surface area contributed by atoms with Gasteiger partial charge in [-0.25, -0.2) is 4.98 Å². The maximum Gasteiger partial charge on any atom is 0.251 e. The molecule has 0 aliphatic rings. The molecule has 3 aromatic rings. The molecule has 2 heterocycles. The second-order valence-corrected chi connectivity index (χ2v) is 7.13. The van der Waals surface area contributed by atoms with Crippen LogP contribution < -0.4 is 11.1 Å². The fraction of sp³-hybridized carbons (Fsp3) is 0.0667. The third-order valence-corrected chi connectivity index (χ3v) is 5.03.